The summed E-state index contributed by atoms with van der Waals surface area (Å²) >= 11 is 0. The molecule has 6 atom stereocenters. The van der Waals surface area contributed by atoms with E-state index < -0.39 is 6.10 Å². The molecule has 18 heavy (non-hydrogen) atoms. The molecule has 0 radical (unpaired) electrons. The molecular formula is C15H24O3. The molecule has 3 fully saturated rings. The highest BCUT2D eigenvalue weighted by Gasteiger charge is 2.58. The first kappa shape index (κ1) is 12.6. The molecule has 2 saturated carbocycles. The van der Waals surface area contributed by atoms with Crippen molar-refractivity contribution < 1.29 is 14.9 Å². The third kappa shape index (κ3) is 1.68. The third-order valence-electron chi connectivity index (χ3n) is 5.76. The molecule has 0 unspecified atom stereocenters. The molecule has 0 aromatic heterocycles. The van der Waals surface area contributed by atoms with Gasteiger partial charge in [0.05, 0.1) is 17.8 Å². The second kappa shape index (κ2) is 3.81. The average Bonchev–Trinajstić information content (AvgIpc) is 2.94. The Hall–Kier alpha value is -0.380. The smallest absolute Gasteiger partial charge is 0.0921 e. The van der Waals surface area contributed by atoms with E-state index in [4.69, 9.17) is 4.74 Å². The van der Waals surface area contributed by atoms with Crippen molar-refractivity contribution in [3.05, 3.63) is 12.2 Å². The topological polar surface area (TPSA) is 53.0 Å². The van der Waals surface area contributed by atoms with Crippen molar-refractivity contribution in [1.82, 2.24) is 0 Å². The van der Waals surface area contributed by atoms with Gasteiger partial charge in [0.25, 0.3) is 0 Å². The number of hydrogen-bond acceptors (Lipinski definition) is 3. The maximum Gasteiger partial charge on any atom is 0.0921 e. The molecule has 1 aliphatic heterocycles. The second-order valence-corrected chi connectivity index (χ2v) is 7.01. The molecular weight excluding hydrogens is 228 g/mol. The maximum absolute atomic E-state index is 10.2. The Balaban J connectivity index is 1.82. The van der Waals surface area contributed by atoms with Crippen LogP contribution in [0.5, 0.6) is 0 Å². The lowest BCUT2D eigenvalue weighted by molar-refractivity contribution is -0.0659. The Morgan fingerprint density at radius 3 is 2.83 bits per heavy atom. The van der Waals surface area contributed by atoms with Crippen LogP contribution in [0.15, 0.2) is 12.2 Å². The average molecular weight is 252 g/mol. The highest BCUT2D eigenvalue weighted by molar-refractivity contribution is 5.20. The van der Waals surface area contributed by atoms with Crippen molar-refractivity contribution in [2.75, 3.05) is 6.61 Å². The summed E-state index contributed by atoms with van der Waals surface area (Å²) in [5.74, 6) is 0.836. The van der Waals surface area contributed by atoms with Gasteiger partial charge in [0.1, 0.15) is 0 Å². The van der Waals surface area contributed by atoms with E-state index in [1.807, 2.05) is 0 Å². The summed E-state index contributed by atoms with van der Waals surface area (Å²) in [6.45, 7) is 8.64. The highest BCUT2D eigenvalue weighted by atomic mass is 16.6. The fourth-order valence-electron chi connectivity index (χ4n) is 4.09. The summed E-state index contributed by atoms with van der Waals surface area (Å²) in [4.78, 5) is 0. The minimum absolute atomic E-state index is 0.0123. The van der Waals surface area contributed by atoms with E-state index in [9.17, 15) is 10.2 Å². The van der Waals surface area contributed by atoms with Gasteiger partial charge in [-0.3, -0.25) is 0 Å². The fraction of sp³-hybridized carbons (Fsp3) is 0.867. The lowest BCUT2D eigenvalue weighted by Gasteiger charge is -2.54. The molecule has 2 N–H and O–H groups in total. The first-order valence-electron chi connectivity index (χ1n) is 7.05. The third-order valence-corrected chi connectivity index (χ3v) is 5.76. The largest absolute Gasteiger partial charge is 0.396 e. The number of aliphatic hydroxyl groups is 2. The van der Waals surface area contributed by atoms with Crippen LogP contribution < -0.4 is 0 Å². The zero-order chi connectivity index (χ0) is 13.1. The van der Waals surface area contributed by atoms with E-state index in [2.05, 4.69) is 20.4 Å². The molecule has 3 aliphatic rings. The van der Waals surface area contributed by atoms with Crippen molar-refractivity contribution in [1.29, 1.82) is 0 Å². The van der Waals surface area contributed by atoms with E-state index in [0.717, 1.165) is 24.8 Å². The summed E-state index contributed by atoms with van der Waals surface area (Å²) in [6, 6.07) is 0. The van der Waals surface area contributed by atoms with Crippen LogP contribution in [0.25, 0.3) is 0 Å². The molecule has 2 aliphatic carbocycles. The van der Waals surface area contributed by atoms with Gasteiger partial charge in [-0.15, -0.1) is 0 Å². The van der Waals surface area contributed by atoms with Gasteiger partial charge in [0, 0.05) is 13.0 Å². The Bertz CT molecular complexity index is 380. The Kier molecular flexibility index (Phi) is 2.68. The predicted molar refractivity (Wildman–Crippen MR) is 69.1 cm³/mol. The van der Waals surface area contributed by atoms with Gasteiger partial charge in [-0.1, -0.05) is 13.5 Å². The van der Waals surface area contributed by atoms with Gasteiger partial charge < -0.3 is 14.9 Å². The first-order chi connectivity index (χ1) is 8.39. The molecule has 0 amide bonds. The lowest BCUT2D eigenvalue weighted by Crippen LogP contribution is -2.50. The minimum Gasteiger partial charge on any atom is -0.396 e. The van der Waals surface area contributed by atoms with Crippen LogP contribution in [0.2, 0.25) is 0 Å². The number of aliphatic hydroxyl groups excluding tert-OH is 2. The van der Waals surface area contributed by atoms with E-state index in [-0.39, 0.29) is 23.7 Å². The van der Waals surface area contributed by atoms with E-state index in [0.29, 0.717) is 18.3 Å². The summed E-state index contributed by atoms with van der Waals surface area (Å²) < 4.78 is 5.75. The minimum atomic E-state index is -0.439. The first-order valence-corrected chi connectivity index (χ1v) is 7.05. The molecule has 1 saturated heterocycles. The van der Waals surface area contributed by atoms with Gasteiger partial charge >= 0.3 is 0 Å². The van der Waals surface area contributed by atoms with Crippen molar-refractivity contribution in [2.24, 2.45) is 17.3 Å². The Morgan fingerprint density at radius 2 is 2.17 bits per heavy atom. The molecule has 0 bridgehead atoms. The molecule has 102 valence electrons. The number of fused-ring (bicyclic) bond motifs is 2. The van der Waals surface area contributed by atoms with Crippen LogP contribution in [0.4, 0.5) is 0 Å². The Morgan fingerprint density at radius 1 is 1.44 bits per heavy atom. The fourth-order valence-corrected chi connectivity index (χ4v) is 4.09. The standard InChI is InChI=1S/C15H24O3/c1-9-10-7-14(2,8-16)11(10)4-5-15(3)13(18-15)6-12(9)17/h10-13,16-17H,1,4-8H2,2-3H3/t10-,11-,12-,13-,14+,15-/m1/s1. The molecule has 0 spiro atoms. The zero-order valence-electron chi connectivity index (χ0n) is 11.4. The van der Waals surface area contributed by atoms with Crippen LogP contribution in [0.1, 0.15) is 39.5 Å². The van der Waals surface area contributed by atoms with E-state index in [1.165, 1.54) is 0 Å². The highest BCUT2D eigenvalue weighted by Crippen LogP contribution is 2.59. The zero-order valence-corrected chi connectivity index (χ0v) is 11.4. The molecule has 3 heteroatoms. The van der Waals surface area contributed by atoms with E-state index >= 15 is 0 Å². The van der Waals surface area contributed by atoms with Crippen molar-refractivity contribution in [3.63, 3.8) is 0 Å². The monoisotopic (exact) mass is 252 g/mol. The number of rotatable bonds is 1. The molecule has 1 heterocycles. The van der Waals surface area contributed by atoms with Gasteiger partial charge in [-0.25, -0.2) is 0 Å². The van der Waals surface area contributed by atoms with Crippen LogP contribution >= 0.6 is 0 Å². The number of epoxide rings is 1. The van der Waals surface area contributed by atoms with Crippen LogP contribution in [-0.4, -0.2) is 34.6 Å². The van der Waals surface area contributed by atoms with Crippen LogP contribution in [0.3, 0.4) is 0 Å². The summed E-state index contributed by atoms with van der Waals surface area (Å²) in [5, 5.41) is 19.8. The van der Waals surface area contributed by atoms with E-state index in [1.54, 1.807) is 0 Å². The van der Waals surface area contributed by atoms with Gasteiger partial charge in [-0.05, 0) is 49.0 Å². The molecule has 0 aromatic carbocycles. The van der Waals surface area contributed by atoms with Crippen LogP contribution in [-0.2, 0) is 4.74 Å². The number of hydrogen-bond donors (Lipinski definition) is 2. The quantitative estimate of drug-likeness (QED) is 0.553. The second-order valence-electron chi connectivity index (χ2n) is 7.01. The molecule has 0 aromatic rings. The summed E-state index contributed by atoms with van der Waals surface area (Å²) in [5.41, 5.74) is 0.936. The summed E-state index contributed by atoms with van der Waals surface area (Å²) in [6.07, 6.45) is 3.52. The van der Waals surface area contributed by atoms with Gasteiger partial charge in [0.15, 0.2) is 0 Å². The van der Waals surface area contributed by atoms with Gasteiger partial charge in [-0.2, -0.15) is 0 Å². The van der Waals surface area contributed by atoms with Gasteiger partial charge in [0.2, 0.25) is 0 Å². The SMILES string of the molecule is C=C1[C@H](O)C[C@H]2O[C@]2(C)CC[C@@H]2[C@@H]1C[C@@]2(C)CO. The molecule has 3 rings (SSSR count). The summed E-state index contributed by atoms with van der Waals surface area (Å²) in [7, 11) is 0. The maximum atomic E-state index is 10.2. The predicted octanol–water partition coefficient (Wildman–Crippen LogP) is 1.88. The van der Waals surface area contributed by atoms with Crippen LogP contribution in [0, 0.1) is 17.3 Å². The lowest BCUT2D eigenvalue weighted by atomic mass is 9.51. The molecule has 3 nitrogen and oxygen atoms in total. The number of ether oxygens (including phenoxy) is 1. The van der Waals surface area contributed by atoms with Crippen molar-refractivity contribution in [2.45, 2.75) is 57.3 Å². The van der Waals surface area contributed by atoms with Crippen molar-refractivity contribution >= 4 is 0 Å². The Labute approximate surface area is 109 Å². The normalized spacial score (nSPS) is 55.4. The van der Waals surface area contributed by atoms with Crippen molar-refractivity contribution in [3.8, 4) is 0 Å².